The lowest BCUT2D eigenvalue weighted by atomic mass is 10.0. The van der Waals surface area contributed by atoms with Gasteiger partial charge in [-0.3, -0.25) is 19.8 Å². The fourth-order valence-corrected chi connectivity index (χ4v) is 10.5. The summed E-state index contributed by atoms with van der Waals surface area (Å²) < 4.78 is 15.3. The molecule has 10 heteroatoms. The molecule has 8 aromatic rings. The molecule has 0 amide bonds. The minimum absolute atomic E-state index is 0.251. The summed E-state index contributed by atoms with van der Waals surface area (Å²) in [5.74, 6) is 3.32. The Hall–Kier alpha value is -5.52. The molecular weight excluding hydrogens is 781 g/mol. The first kappa shape index (κ1) is 38.7. The maximum absolute atomic E-state index is 6.74. The van der Waals surface area contributed by atoms with Crippen LogP contribution in [-0.2, 0) is 25.7 Å². The molecule has 6 heterocycles. The van der Waals surface area contributed by atoms with Crippen LogP contribution in [0.25, 0.3) is 31.0 Å². The molecule has 0 radical (unpaired) electrons. The molecule has 0 aliphatic carbocycles. The number of nitrogens with zero attached hydrogens (tertiary/aromatic N) is 6. The van der Waals surface area contributed by atoms with E-state index in [2.05, 4.69) is 106 Å². The quantitative estimate of drug-likeness (QED) is 0.142. The Bertz CT molecular complexity index is 2850. The Balaban J connectivity index is 0.827. The Morgan fingerprint density at radius 3 is 1.85 bits per heavy atom. The highest BCUT2D eigenvalue weighted by molar-refractivity contribution is 7.21. The Morgan fingerprint density at radius 1 is 0.567 bits per heavy atom. The minimum atomic E-state index is 0.251. The molecule has 302 valence electrons. The molecule has 2 aliphatic heterocycles. The van der Waals surface area contributed by atoms with Gasteiger partial charge in [-0.25, -0.2) is 9.97 Å². The highest BCUT2D eigenvalue weighted by atomic mass is 32.1. The predicted octanol–water partition coefficient (Wildman–Crippen LogP) is 11.9. The molecule has 0 unspecified atom stereocenters. The summed E-state index contributed by atoms with van der Waals surface area (Å²) in [5.41, 5.74) is 14.9. The summed E-state index contributed by atoms with van der Waals surface area (Å²) in [6.45, 7) is 12.6. The first-order chi connectivity index (χ1) is 29.3. The second-order valence-electron chi connectivity index (χ2n) is 16.3. The van der Waals surface area contributed by atoms with Crippen molar-refractivity contribution >= 4 is 43.1 Å². The number of hydrogen-bond acceptors (Lipinski definition) is 10. The molecule has 0 bridgehead atoms. The van der Waals surface area contributed by atoms with E-state index in [9.17, 15) is 0 Å². The van der Waals surface area contributed by atoms with E-state index in [1.54, 1.807) is 28.9 Å². The van der Waals surface area contributed by atoms with E-state index in [0.29, 0.717) is 6.04 Å². The first-order valence-electron chi connectivity index (χ1n) is 21.0. The van der Waals surface area contributed by atoms with Gasteiger partial charge in [0, 0.05) is 74.2 Å². The Morgan fingerprint density at radius 2 is 1.17 bits per heavy atom. The first-order valence-corrected chi connectivity index (χ1v) is 22.7. The molecule has 4 aromatic carbocycles. The monoisotopic (exact) mass is 828 g/mol. The number of aryl methyl sites for hydroxylation is 2. The number of fused-ring (bicyclic) bond motifs is 4. The van der Waals surface area contributed by atoms with Gasteiger partial charge in [0.05, 0.1) is 31.5 Å². The molecule has 0 saturated carbocycles. The average Bonchev–Trinajstić information content (AvgIpc) is 3.78. The molecule has 2 aliphatic rings. The third-order valence-electron chi connectivity index (χ3n) is 12.4. The zero-order valence-electron chi connectivity index (χ0n) is 34.5. The summed E-state index contributed by atoms with van der Waals surface area (Å²) in [7, 11) is 0. The second-order valence-corrected chi connectivity index (χ2v) is 18.2. The van der Waals surface area contributed by atoms with Crippen molar-refractivity contribution in [3.05, 3.63) is 154 Å². The van der Waals surface area contributed by atoms with Crippen LogP contribution in [0.5, 0.6) is 23.0 Å². The van der Waals surface area contributed by atoms with Crippen molar-refractivity contribution in [1.29, 1.82) is 0 Å². The normalized spacial score (nSPS) is 15.9. The van der Waals surface area contributed by atoms with Crippen molar-refractivity contribution in [3.8, 4) is 33.6 Å². The van der Waals surface area contributed by atoms with Crippen molar-refractivity contribution in [2.24, 2.45) is 0 Å². The third kappa shape index (κ3) is 8.05. The van der Waals surface area contributed by atoms with E-state index in [-0.39, 0.29) is 6.04 Å². The highest BCUT2D eigenvalue weighted by Crippen LogP contribution is 2.40. The maximum Gasteiger partial charge on any atom is 0.141 e. The van der Waals surface area contributed by atoms with Crippen molar-refractivity contribution in [3.63, 3.8) is 0 Å². The van der Waals surface area contributed by atoms with E-state index in [0.717, 1.165) is 113 Å². The predicted molar refractivity (Wildman–Crippen MR) is 244 cm³/mol. The van der Waals surface area contributed by atoms with Crippen molar-refractivity contribution in [2.45, 2.75) is 65.5 Å². The van der Waals surface area contributed by atoms with Crippen LogP contribution in [0.1, 0.15) is 70.7 Å². The number of thiazole rings is 2. The summed E-state index contributed by atoms with van der Waals surface area (Å²) in [5, 5.41) is 0.915. The van der Waals surface area contributed by atoms with Gasteiger partial charge in [-0.05, 0) is 141 Å². The maximum atomic E-state index is 6.74. The van der Waals surface area contributed by atoms with E-state index in [4.69, 9.17) is 19.4 Å². The van der Waals surface area contributed by atoms with Crippen LogP contribution in [-0.4, -0.2) is 55.9 Å². The van der Waals surface area contributed by atoms with E-state index < -0.39 is 0 Å². The standard InChI is InChI=1S/C50H48N6O2S2/c1-31-23-43(13-18-51-31)57-41-9-5-35-14-20-56(21-16-39(35)25-41)34(4)38-8-12-49-46(28-38)54-50(60-49)44-29-52-32(2)24-47(44)58-42-10-6-36-15-19-55(22-17-40(36)26-42)33(3)37-7-11-48-45(27-37)53-30-59-48/h5-13,18,23-30,33-34H,14-17,19-22H2,1-4H3/t33-,34+/m0/s1. The van der Waals surface area contributed by atoms with Gasteiger partial charge in [0.15, 0.2) is 0 Å². The van der Waals surface area contributed by atoms with E-state index >= 15 is 0 Å². The number of benzene rings is 4. The van der Waals surface area contributed by atoms with Gasteiger partial charge in [-0.1, -0.05) is 24.3 Å². The van der Waals surface area contributed by atoms with Crippen LogP contribution < -0.4 is 9.47 Å². The van der Waals surface area contributed by atoms with Crippen molar-refractivity contribution < 1.29 is 9.47 Å². The van der Waals surface area contributed by atoms with Gasteiger partial charge in [-0.15, -0.1) is 22.7 Å². The Labute approximate surface area is 359 Å². The lowest BCUT2D eigenvalue weighted by molar-refractivity contribution is 0.221. The number of hydrogen-bond donors (Lipinski definition) is 0. The summed E-state index contributed by atoms with van der Waals surface area (Å²) in [6.07, 6.45) is 7.69. The number of ether oxygens (including phenoxy) is 2. The molecule has 0 fully saturated rings. The SMILES string of the molecule is Cc1cc(Oc2ccc3c(c2)CCN([C@H](C)c2ccc4sc(-c5cnc(C)cc5Oc5ccc6c(c5)CCN([C@@H](C)c5ccc7scnc7c5)CC6)nc4c2)CC3)ccn1. The van der Waals surface area contributed by atoms with Gasteiger partial charge in [-0.2, -0.15) is 0 Å². The Kier molecular flexibility index (Phi) is 10.6. The van der Waals surface area contributed by atoms with Crippen LogP contribution >= 0.6 is 22.7 Å². The molecule has 4 aromatic heterocycles. The molecular formula is C50H48N6O2S2. The van der Waals surface area contributed by atoms with Gasteiger partial charge < -0.3 is 9.47 Å². The lowest BCUT2D eigenvalue weighted by Gasteiger charge is -2.28. The van der Waals surface area contributed by atoms with E-state index in [1.165, 1.54) is 38.1 Å². The van der Waals surface area contributed by atoms with Crippen LogP contribution in [0.2, 0.25) is 0 Å². The van der Waals surface area contributed by atoms with Gasteiger partial charge in [0.2, 0.25) is 0 Å². The number of rotatable bonds is 9. The van der Waals surface area contributed by atoms with Crippen LogP contribution in [0, 0.1) is 13.8 Å². The average molecular weight is 829 g/mol. The fourth-order valence-electron chi connectivity index (χ4n) is 8.84. The third-order valence-corrected chi connectivity index (χ3v) is 14.3. The molecule has 60 heavy (non-hydrogen) atoms. The van der Waals surface area contributed by atoms with Crippen molar-refractivity contribution in [1.82, 2.24) is 29.7 Å². The van der Waals surface area contributed by atoms with Crippen LogP contribution in [0.4, 0.5) is 0 Å². The number of pyridine rings is 2. The molecule has 2 atom stereocenters. The molecule has 0 spiro atoms. The zero-order chi connectivity index (χ0) is 40.7. The largest absolute Gasteiger partial charge is 0.457 e. The van der Waals surface area contributed by atoms with E-state index in [1.807, 2.05) is 43.8 Å². The number of aromatic nitrogens is 4. The minimum Gasteiger partial charge on any atom is -0.457 e. The smallest absolute Gasteiger partial charge is 0.141 e. The summed E-state index contributed by atoms with van der Waals surface area (Å²) >= 11 is 3.39. The van der Waals surface area contributed by atoms with Gasteiger partial charge >= 0.3 is 0 Å². The summed E-state index contributed by atoms with van der Waals surface area (Å²) in [4.78, 5) is 24.0. The lowest BCUT2D eigenvalue weighted by Crippen LogP contribution is -2.29. The summed E-state index contributed by atoms with van der Waals surface area (Å²) in [6, 6.07) is 33.2. The van der Waals surface area contributed by atoms with Gasteiger partial charge in [0.1, 0.15) is 28.0 Å². The zero-order valence-corrected chi connectivity index (χ0v) is 36.2. The molecule has 10 rings (SSSR count). The van der Waals surface area contributed by atoms with Crippen molar-refractivity contribution in [2.75, 3.05) is 26.2 Å². The molecule has 0 saturated heterocycles. The highest BCUT2D eigenvalue weighted by Gasteiger charge is 2.24. The molecule has 8 nitrogen and oxygen atoms in total. The second kappa shape index (κ2) is 16.5. The van der Waals surface area contributed by atoms with Crippen LogP contribution in [0.3, 0.4) is 0 Å². The topological polar surface area (TPSA) is 76.5 Å². The molecule has 0 N–H and O–H groups in total. The van der Waals surface area contributed by atoms with Crippen LogP contribution in [0.15, 0.2) is 109 Å². The fraction of sp³-hybridized carbons (Fsp3) is 0.280. The van der Waals surface area contributed by atoms with Gasteiger partial charge in [0.25, 0.3) is 0 Å².